The van der Waals surface area contributed by atoms with Crippen molar-refractivity contribution in [2.24, 2.45) is 0 Å². The Labute approximate surface area is 254 Å². The van der Waals surface area contributed by atoms with Crippen molar-refractivity contribution < 1.29 is 29.7 Å². The Morgan fingerprint density at radius 1 is 0.932 bits per heavy atom. The molecule has 5 N–H and O–H groups in total. The molecule has 44 heavy (non-hydrogen) atoms. The highest BCUT2D eigenvalue weighted by molar-refractivity contribution is 6.02. The maximum atomic E-state index is 12.7. The van der Waals surface area contributed by atoms with Crippen LogP contribution in [0.3, 0.4) is 0 Å². The van der Waals surface area contributed by atoms with Gasteiger partial charge in [-0.25, -0.2) is 9.78 Å². The molecular weight excluding hydrogens is 560 g/mol. The molecule has 0 aliphatic carbocycles. The summed E-state index contributed by atoms with van der Waals surface area (Å²) in [5.41, 5.74) is 9.25. The van der Waals surface area contributed by atoms with Crippen molar-refractivity contribution in [3.05, 3.63) is 75.4 Å². The third kappa shape index (κ3) is 5.21. The van der Waals surface area contributed by atoms with Gasteiger partial charge >= 0.3 is 17.9 Å². The number of nitrogens with one attached hydrogen (secondary N) is 2. The van der Waals surface area contributed by atoms with E-state index in [-0.39, 0.29) is 35.4 Å². The van der Waals surface area contributed by atoms with Crippen LogP contribution < -0.4 is 0 Å². The molecular formula is C34H36N4O6. The Kier molecular flexibility index (Phi) is 8.03. The van der Waals surface area contributed by atoms with E-state index in [1.807, 2.05) is 45.9 Å². The summed E-state index contributed by atoms with van der Waals surface area (Å²) in [5, 5.41) is 29.9. The molecule has 10 heteroatoms. The van der Waals surface area contributed by atoms with E-state index in [0.717, 1.165) is 39.0 Å². The lowest BCUT2D eigenvalue weighted by Crippen LogP contribution is -2.11. The van der Waals surface area contributed by atoms with Gasteiger partial charge in [-0.1, -0.05) is 26.5 Å². The summed E-state index contributed by atoms with van der Waals surface area (Å²) in [6.07, 6.45) is 2.04. The van der Waals surface area contributed by atoms with Crippen LogP contribution in [-0.4, -0.2) is 53.2 Å². The van der Waals surface area contributed by atoms with Crippen LogP contribution in [0.4, 0.5) is 0 Å². The van der Waals surface area contributed by atoms with Gasteiger partial charge in [0.05, 0.1) is 34.6 Å². The first-order valence-corrected chi connectivity index (χ1v) is 14.6. The van der Waals surface area contributed by atoms with E-state index in [2.05, 4.69) is 16.5 Å². The number of hydrogen-bond donors (Lipinski definition) is 5. The van der Waals surface area contributed by atoms with Crippen molar-refractivity contribution in [3.8, 4) is 0 Å². The van der Waals surface area contributed by atoms with Gasteiger partial charge in [0, 0.05) is 51.6 Å². The average molecular weight is 597 g/mol. The second-order valence-electron chi connectivity index (χ2n) is 11.5. The van der Waals surface area contributed by atoms with Crippen LogP contribution in [-0.2, 0) is 16.0 Å². The molecule has 5 rings (SSSR count). The number of aromatic nitrogens is 4. The van der Waals surface area contributed by atoms with Gasteiger partial charge < -0.3 is 25.3 Å². The van der Waals surface area contributed by atoms with E-state index < -0.39 is 30.2 Å². The number of fused-ring (bicyclic) bond motifs is 8. The van der Waals surface area contributed by atoms with Crippen LogP contribution in [0.2, 0.25) is 0 Å². The smallest absolute Gasteiger partial charge is 0.338 e. The predicted octanol–water partition coefficient (Wildman–Crippen LogP) is 6.99. The Morgan fingerprint density at radius 2 is 1.61 bits per heavy atom. The maximum absolute atomic E-state index is 12.7. The zero-order valence-corrected chi connectivity index (χ0v) is 25.5. The van der Waals surface area contributed by atoms with Crippen molar-refractivity contribution in [1.82, 2.24) is 19.9 Å². The van der Waals surface area contributed by atoms with Gasteiger partial charge in [-0.3, -0.25) is 14.6 Å². The van der Waals surface area contributed by atoms with E-state index >= 15 is 0 Å². The first-order chi connectivity index (χ1) is 20.9. The molecule has 0 saturated heterocycles. The number of aliphatic carboxylic acids is 2. The minimum absolute atomic E-state index is 0.0465. The molecule has 0 spiro atoms. The maximum Gasteiger partial charge on any atom is 0.338 e. The van der Waals surface area contributed by atoms with Gasteiger partial charge in [-0.05, 0) is 74.1 Å². The number of H-pyrrole nitrogens is 2. The predicted molar refractivity (Wildman–Crippen MR) is 170 cm³/mol. The number of aromatic carboxylic acids is 1. The molecule has 3 aromatic rings. The highest BCUT2D eigenvalue weighted by atomic mass is 16.4. The van der Waals surface area contributed by atoms with E-state index in [1.165, 1.54) is 0 Å². The van der Waals surface area contributed by atoms with Gasteiger partial charge in [0.1, 0.15) is 0 Å². The minimum atomic E-state index is -1.21. The zero-order chi connectivity index (χ0) is 32.0. The first-order valence-electron chi connectivity index (χ1n) is 14.6. The molecule has 0 saturated carbocycles. The Hall–Kier alpha value is -4.99. The molecule has 10 nitrogen and oxygen atoms in total. The molecule has 5 heterocycles. The van der Waals surface area contributed by atoms with Gasteiger partial charge in [0.15, 0.2) is 0 Å². The average Bonchev–Trinajstić information content (AvgIpc) is 3.63. The highest BCUT2D eigenvalue weighted by Crippen LogP contribution is 2.43. The lowest BCUT2D eigenvalue weighted by Gasteiger charge is -2.17. The van der Waals surface area contributed by atoms with E-state index in [9.17, 15) is 29.7 Å². The van der Waals surface area contributed by atoms with Crippen molar-refractivity contribution in [3.63, 3.8) is 0 Å². The fraction of sp³-hybridized carbons (Fsp3) is 0.324. The fourth-order valence-corrected chi connectivity index (χ4v) is 6.53. The summed E-state index contributed by atoms with van der Waals surface area (Å²) in [6.45, 7) is 13.7. The Morgan fingerprint density at radius 3 is 2.23 bits per heavy atom. The molecule has 0 aromatic carbocycles. The van der Waals surface area contributed by atoms with Crippen LogP contribution in [0.25, 0.3) is 39.3 Å². The summed E-state index contributed by atoms with van der Waals surface area (Å²) >= 11 is 0. The number of carboxylic acids is 3. The number of hydrogen-bond acceptors (Lipinski definition) is 5. The first kappa shape index (κ1) is 30.5. The molecule has 0 unspecified atom stereocenters. The summed E-state index contributed by atoms with van der Waals surface area (Å²) in [6, 6.07) is 5.70. The molecule has 0 amide bonds. The quantitative estimate of drug-likeness (QED) is 0.185. The van der Waals surface area contributed by atoms with Crippen molar-refractivity contribution in [1.29, 1.82) is 0 Å². The monoisotopic (exact) mass is 596 g/mol. The van der Waals surface area contributed by atoms with Crippen LogP contribution in [0.1, 0.15) is 107 Å². The number of nitrogens with zero attached hydrogens (tertiary/aromatic N) is 2. The Bertz CT molecular complexity index is 1940. The van der Waals surface area contributed by atoms with Gasteiger partial charge in [-0.15, -0.1) is 0 Å². The highest BCUT2D eigenvalue weighted by Gasteiger charge is 2.33. The molecule has 2 aliphatic rings. The normalized spacial score (nSPS) is 16.3. The standard InChI is InChI=1S/C34H36N4O6/c1-7-19-15(3)23-12-25-17(5)21(9-10-29(39)40)32(37-25)22(11-30(41)42)33-31(34(43)44)18(6)26(38-33)14-28-20(8-2)16(4)24(36-28)13-27(19)35-23/h7,12-14,17,21,35,38H,1,8-11H2,2-6H3,(H,39,40)(H,41,42)(H,43,44)/t17-,21-/m1/s1. The number of rotatable bonds is 8. The number of allylic oxidation sites excluding steroid dienone is 2. The summed E-state index contributed by atoms with van der Waals surface area (Å²) in [4.78, 5) is 53.2. The lowest BCUT2D eigenvalue weighted by atomic mass is 9.85. The van der Waals surface area contributed by atoms with Gasteiger partial charge in [0.2, 0.25) is 0 Å². The van der Waals surface area contributed by atoms with E-state index in [0.29, 0.717) is 34.6 Å². The van der Waals surface area contributed by atoms with E-state index in [1.54, 1.807) is 13.0 Å². The van der Waals surface area contributed by atoms with Crippen LogP contribution in [0, 0.1) is 13.8 Å². The SMILES string of the molecule is C=Cc1c(C)c2cc3nc(c(CC(=O)O)c4[nH]c(cc5nc(cc1[nH]2)C(C)=C5CC)c(C)c4C(=O)O)[C@H](CCC(=O)O)[C@H]3C. The summed E-state index contributed by atoms with van der Waals surface area (Å²) in [7, 11) is 0. The molecule has 8 bridgehead atoms. The van der Waals surface area contributed by atoms with Crippen molar-refractivity contribution in [2.75, 3.05) is 0 Å². The molecule has 3 aromatic heterocycles. The molecule has 0 radical (unpaired) electrons. The summed E-state index contributed by atoms with van der Waals surface area (Å²) < 4.78 is 0. The topological polar surface area (TPSA) is 169 Å². The van der Waals surface area contributed by atoms with Crippen LogP contribution >= 0.6 is 0 Å². The fourth-order valence-electron chi connectivity index (χ4n) is 6.53. The van der Waals surface area contributed by atoms with E-state index in [4.69, 9.17) is 9.97 Å². The molecule has 228 valence electrons. The lowest BCUT2D eigenvalue weighted by molar-refractivity contribution is -0.138. The second-order valence-corrected chi connectivity index (χ2v) is 11.5. The molecule has 2 aliphatic heterocycles. The third-order valence-electron chi connectivity index (χ3n) is 8.95. The zero-order valence-electron chi connectivity index (χ0n) is 25.5. The minimum Gasteiger partial charge on any atom is -0.481 e. The van der Waals surface area contributed by atoms with Crippen molar-refractivity contribution in [2.45, 2.75) is 72.1 Å². The number of carbonyl (C=O) groups is 3. The summed E-state index contributed by atoms with van der Waals surface area (Å²) in [5.74, 6) is -4.06. The number of carboxylic acid groups (broad SMARTS) is 3. The van der Waals surface area contributed by atoms with Gasteiger partial charge in [0.25, 0.3) is 0 Å². The van der Waals surface area contributed by atoms with Gasteiger partial charge in [-0.2, -0.15) is 0 Å². The van der Waals surface area contributed by atoms with Crippen LogP contribution in [0.15, 0.2) is 24.8 Å². The van der Waals surface area contributed by atoms with Crippen molar-refractivity contribution >= 4 is 57.2 Å². The molecule has 0 fully saturated rings. The van der Waals surface area contributed by atoms with Crippen LogP contribution in [0.5, 0.6) is 0 Å². The number of aryl methyl sites for hydroxylation is 2. The largest absolute Gasteiger partial charge is 0.481 e. The number of aromatic amines is 2. The molecule has 2 atom stereocenters. The second kappa shape index (κ2) is 11.6. The third-order valence-corrected chi connectivity index (χ3v) is 8.95. The Balaban J connectivity index is 2.04.